The predicted molar refractivity (Wildman–Crippen MR) is 110 cm³/mol. The van der Waals surface area contributed by atoms with Crippen LogP contribution in [0.2, 0.25) is 0 Å². The molecule has 2 aliphatic rings. The first-order valence-electron chi connectivity index (χ1n) is 10.3. The zero-order chi connectivity index (χ0) is 19.2. The van der Waals surface area contributed by atoms with Crippen molar-refractivity contribution in [2.45, 2.75) is 31.8 Å². The summed E-state index contributed by atoms with van der Waals surface area (Å²) in [5, 5.41) is 6.08. The van der Waals surface area contributed by atoms with Crippen LogP contribution in [0.5, 0.6) is 0 Å². The second-order valence-electron chi connectivity index (χ2n) is 7.60. The highest BCUT2D eigenvalue weighted by atomic mass is 16.5. The lowest BCUT2D eigenvalue weighted by molar-refractivity contribution is 0.0167. The molecule has 0 saturated carbocycles. The number of hydrogen-bond donors (Lipinski definition) is 2. The molecule has 0 aromatic heterocycles. The number of hydrogen-bond acceptors (Lipinski definition) is 3. The number of nitrogens with zero attached hydrogens (tertiary/aromatic N) is 1. The number of carbonyl (C=O) groups excluding carboxylic acids is 1. The van der Waals surface area contributed by atoms with Crippen molar-refractivity contribution in [2.75, 3.05) is 32.8 Å². The average Bonchev–Trinajstić information content (AvgIpc) is 3.22. The number of amides is 2. The van der Waals surface area contributed by atoms with E-state index in [1.165, 1.54) is 35.1 Å². The fourth-order valence-electron chi connectivity index (χ4n) is 4.19. The van der Waals surface area contributed by atoms with Gasteiger partial charge in [-0.1, -0.05) is 48.5 Å². The number of urea groups is 1. The highest BCUT2D eigenvalue weighted by Crippen LogP contribution is 2.23. The van der Waals surface area contributed by atoms with Gasteiger partial charge in [0, 0.05) is 26.2 Å². The first-order chi connectivity index (χ1) is 13.8. The van der Waals surface area contributed by atoms with Crippen LogP contribution in [0, 0.1) is 0 Å². The molecule has 5 heteroatoms. The van der Waals surface area contributed by atoms with E-state index in [0.717, 1.165) is 32.7 Å². The van der Waals surface area contributed by atoms with Crippen LogP contribution in [0.4, 0.5) is 4.79 Å². The van der Waals surface area contributed by atoms with E-state index in [2.05, 4.69) is 58.0 Å². The van der Waals surface area contributed by atoms with Crippen molar-refractivity contribution in [2.24, 2.45) is 0 Å². The van der Waals surface area contributed by atoms with Crippen molar-refractivity contribution in [3.05, 3.63) is 70.8 Å². The van der Waals surface area contributed by atoms with E-state index >= 15 is 0 Å². The third-order valence-corrected chi connectivity index (χ3v) is 5.74. The molecular formula is C23H29N3O2. The van der Waals surface area contributed by atoms with Crippen LogP contribution in [-0.2, 0) is 24.1 Å². The number of aryl methyl sites for hydroxylation is 2. The minimum absolute atomic E-state index is 0.116. The standard InChI is InChI=1S/C23H29N3O2/c27-23(24-16-18-9-10-19-7-4-8-21(19)15-18)25-17-22(20-5-2-1-3-6-20)26-11-13-28-14-12-26/h1-3,5-6,9-10,15,22H,4,7-8,11-14,16-17H2,(H2,24,25,27). The molecule has 1 unspecified atom stereocenters. The number of fused-ring (bicyclic) bond motifs is 1. The van der Waals surface area contributed by atoms with Crippen molar-refractivity contribution in [3.63, 3.8) is 0 Å². The zero-order valence-electron chi connectivity index (χ0n) is 16.3. The minimum Gasteiger partial charge on any atom is -0.379 e. The van der Waals surface area contributed by atoms with E-state index < -0.39 is 0 Å². The maximum atomic E-state index is 12.4. The topological polar surface area (TPSA) is 53.6 Å². The molecule has 1 atom stereocenters. The summed E-state index contributed by atoms with van der Waals surface area (Å²) in [5.41, 5.74) is 5.30. The predicted octanol–water partition coefficient (Wildman–Crippen LogP) is 3.05. The molecule has 0 spiro atoms. The lowest BCUT2D eigenvalue weighted by atomic mass is 10.0. The fourth-order valence-corrected chi connectivity index (χ4v) is 4.19. The van der Waals surface area contributed by atoms with Crippen LogP contribution in [0.25, 0.3) is 0 Å². The molecule has 5 nitrogen and oxygen atoms in total. The van der Waals surface area contributed by atoms with E-state index in [4.69, 9.17) is 4.74 Å². The monoisotopic (exact) mass is 379 g/mol. The molecular weight excluding hydrogens is 350 g/mol. The van der Waals surface area contributed by atoms with Gasteiger partial charge in [0.1, 0.15) is 0 Å². The first kappa shape index (κ1) is 19.0. The molecule has 2 aromatic carbocycles. The highest BCUT2D eigenvalue weighted by Gasteiger charge is 2.23. The highest BCUT2D eigenvalue weighted by molar-refractivity contribution is 5.73. The third kappa shape index (κ3) is 4.72. The van der Waals surface area contributed by atoms with Gasteiger partial charge in [0.2, 0.25) is 0 Å². The second kappa shape index (κ2) is 9.22. The van der Waals surface area contributed by atoms with E-state index in [1.54, 1.807) is 0 Å². The summed E-state index contributed by atoms with van der Waals surface area (Å²) in [5.74, 6) is 0. The summed E-state index contributed by atoms with van der Waals surface area (Å²) < 4.78 is 5.49. The lowest BCUT2D eigenvalue weighted by Gasteiger charge is -2.34. The molecule has 2 N–H and O–H groups in total. The molecule has 1 aliphatic heterocycles. The summed E-state index contributed by atoms with van der Waals surface area (Å²) in [6.45, 7) is 4.41. The van der Waals surface area contributed by atoms with Crippen molar-refractivity contribution in [3.8, 4) is 0 Å². The van der Waals surface area contributed by atoms with Gasteiger partial charge in [-0.2, -0.15) is 0 Å². The van der Waals surface area contributed by atoms with Crippen LogP contribution in [0.3, 0.4) is 0 Å². The molecule has 0 radical (unpaired) electrons. The second-order valence-corrected chi connectivity index (χ2v) is 7.60. The summed E-state index contributed by atoms with van der Waals surface area (Å²) in [6, 6.07) is 17.0. The van der Waals surface area contributed by atoms with Gasteiger partial charge < -0.3 is 15.4 Å². The van der Waals surface area contributed by atoms with Crippen LogP contribution < -0.4 is 10.6 Å². The van der Waals surface area contributed by atoms with Gasteiger partial charge in [-0.25, -0.2) is 4.79 Å². The lowest BCUT2D eigenvalue weighted by Crippen LogP contribution is -2.45. The van der Waals surface area contributed by atoms with Crippen molar-refractivity contribution in [1.82, 2.24) is 15.5 Å². The van der Waals surface area contributed by atoms with Gasteiger partial charge >= 0.3 is 6.03 Å². The van der Waals surface area contributed by atoms with Gasteiger partial charge in [-0.15, -0.1) is 0 Å². The van der Waals surface area contributed by atoms with Crippen LogP contribution in [0.1, 0.15) is 34.7 Å². The third-order valence-electron chi connectivity index (χ3n) is 5.74. The van der Waals surface area contributed by atoms with Gasteiger partial charge in [0.15, 0.2) is 0 Å². The number of morpholine rings is 1. The quantitative estimate of drug-likeness (QED) is 0.811. The van der Waals surface area contributed by atoms with Crippen LogP contribution in [0.15, 0.2) is 48.5 Å². The Hall–Kier alpha value is -2.37. The van der Waals surface area contributed by atoms with Crippen molar-refractivity contribution in [1.29, 1.82) is 0 Å². The van der Waals surface area contributed by atoms with Crippen molar-refractivity contribution < 1.29 is 9.53 Å². The summed E-state index contributed by atoms with van der Waals surface area (Å²) in [4.78, 5) is 14.8. The number of ether oxygens (including phenoxy) is 1. The molecule has 1 fully saturated rings. The van der Waals surface area contributed by atoms with E-state index in [1.807, 2.05) is 6.07 Å². The Morgan fingerprint density at radius 2 is 1.79 bits per heavy atom. The Bertz CT molecular complexity index is 788. The largest absolute Gasteiger partial charge is 0.379 e. The number of rotatable bonds is 6. The minimum atomic E-state index is -0.116. The molecule has 4 rings (SSSR count). The Labute approximate surface area is 167 Å². The molecule has 2 aromatic rings. The van der Waals surface area contributed by atoms with Crippen LogP contribution in [-0.4, -0.2) is 43.8 Å². The molecule has 1 heterocycles. The van der Waals surface area contributed by atoms with Crippen molar-refractivity contribution >= 4 is 6.03 Å². The number of nitrogens with one attached hydrogen (secondary N) is 2. The first-order valence-corrected chi connectivity index (χ1v) is 10.3. The molecule has 0 bridgehead atoms. The van der Waals surface area contributed by atoms with Gasteiger partial charge in [0.25, 0.3) is 0 Å². The Kier molecular flexibility index (Phi) is 6.24. The molecule has 2 amide bonds. The number of benzene rings is 2. The van der Waals surface area contributed by atoms with E-state index in [0.29, 0.717) is 13.1 Å². The number of carbonyl (C=O) groups is 1. The summed E-state index contributed by atoms with van der Waals surface area (Å²) >= 11 is 0. The zero-order valence-corrected chi connectivity index (χ0v) is 16.3. The van der Waals surface area contributed by atoms with Crippen LogP contribution >= 0.6 is 0 Å². The summed E-state index contributed by atoms with van der Waals surface area (Å²) in [7, 11) is 0. The summed E-state index contributed by atoms with van der Waals surface area (Å²) in [6.07, 6.45) is 3.59. The average molecular weight is 380 g/mol. The SMILES string of the molecule is O=C(NCc1ccc2c(c1)CCC2)NCC(c1ccccc1)N1CCOCC1. The maximum Gasteiger partial charge on any atom is 0.315 e. The van der Waals surface area contributed by atoms with E-state index in [9.17, 15) is 4.79 Å². The molecule has 1 aliphatic carbocycles. The Balaban J connectivity index is 1.32. The van der Waals surface area contributed by atoms with E-state index in [-0.39, 0.29) is 12.1 Å². The van der Waals surface area contributed by atoms with Gasteiger partial charge in [-0.05, 0) is 41.5 Å². The normalized spacial score (nSPS) is 17.7. The maximum absolute atomic E-state index is 12.4. The molecule has 1 saturated heterocycles. The Morgan fingerprint density at radius 3 is 2.61 bits per heavy atom. The van der Waals surface area contributed by atoms with Gasteiger partial charge in [-0.3, -0.25) is 4.90 Å². The Morgan fingerprint density at radius 1 is 1.00 bits per heavy atom. The molecule has 28 heavy (non-hydrogen) atoms. The molecule has 148 valence electrons. The smallest absolute Gasteiger partial charge is 0.315 e. The van der Waals surface area contributed by atoms with Gasteiger partial charge in [0.05, 0.1) is 19.3 Å². The fraction of sp³-hybridized carbons (Fsp3) is 0.435.